The first-order valence-corrected chi connectivity index (χ1v) is 4.69. The largest absolute Gasteiger partial charge is 0.507 e. The molecule has 0 atom stereocenters. The average molecular weight is 205 g/mol. The highest BCUT2D eigenvalue weighted by Gasteiger charge is 2.06. The number of benzene rings is 1. The zero-order valence-corrected chi connectivity index (χ0v) is 8.28. The zero-order chi connectivity index (χ0) is 9.14. The summed E-state index contributed by atoms with van der Waals surface area (Å²) in [6, 6.07) is 3.72. The Kier molecular flexibility index (Phi) is 3.24. The van der Waals surface area contributed by atoms with Gasteiger partial charge in [0.05, 0.1) is 11.8 Å². The van der Waals surface area contributed by atoms with Crippen LogP contribution in [0, 0.1) is 6.92 Å². The lowest BCUT2D eigenvalue weighted by Crippen LogP contribution is -1.88. The first-order valence-electron chi connectivity index (χ1n) is 3.62. The number of alkyl halides is 2. The average Bonchev–Trinajstić information content (AvgIpc) is 2.08. The lowest BCUT2D eigenvalue weighted by molar-refractivity contribution is 0.465. The molecule has 66 valence electrons. The Morgan fingerprint density at radius 2 is 1.58 bits per heavy atom. The van der Waals surface area contributed by atoms with Crippen LogP contribution in [0.2, 0.25) is 0 Å². The van der Waals surface area contributed by atoms with Gasteiger partial charge in [-0.2, -0.15) is 0 Å². The molecule has 0 aromatic heterocycles. The summed E-state index contributed by atoms with van der Waals surface area (Å²) in [7, 11) is 0. The quantitative estimate of drug-likeness (QED) is 0.735. The highest BCUT2D eigenvalue weighted by Crippen LogP contribution is 2.26. The van der Waals surface area contributed by atoms with Gasteiger partial charge in [0.2, 0.25) is 0 Å². The Balaban J connectivity index is 3.22. The number of aryl methyl sites for hydroxylation is 1. The number of phenols is 1. The van der Waals surface area contributed by atoms with Gasteiger partial charge in [0.15, 0.2) is 0 Å². The number of halogens is 2. The molecule has 0 aliphatic rings. The van der Waals surface area contributed by atoms with E-state index in [1.54, 1.807) is 0 Å². The van der Waals surface area contributed by atoms with Crippen LogP contribution in [0.1, 0.15) is 16.7 Å². The number of hydrogen-bond donors (Lipinski definition) is 1. The minimum atomic E-state index is 0.227. The summed E-state index contributed by atoms with van der Waals surface area (Å²) in [5, 5.41) is 9.54. The standard InChI is InChI=1S/C9H10Cl2O/c1-6-2-7(4-10)9(12)8(3-6)5-11/h2-3,12H,4-5H2,1H3. The fourth-order valence-corrected chi connectivity index (χ4v) is 1.55. The molecule has 0 unspecified atom stereocenters. The summed E-state index contributed by atoms with van der Waals surface area (Å²) in [5.74, 6) is 0.861. The fraction of sp³-hybridized carbons (Fsp3) is 0.333. The first kappa shape index (κ1) is 9.69. The Labute approximate surface area is 81.9 Å². The highest BCUT2D eigenvalue weighted by atomic mass is 35.5. The Morgan fingerprint density at radius 1 is 1.17 bits per heavy atom. The normalized spacial score (nSPS) is 10.2. The second kappa shape index (κ2) is 4.01. The Hall–Kier alpha value is -0.400. The van der Waals surface area contributed by atoms with Crippen molar-refractivity contribution in [1.82, 2.24) is 0 Å². The van der Waals surface area contributed by atoms with Gasteiger partial charge in [-0.1, -0.05) is 17.7 Å². The van der Waals surface area contributed by atoms with Gasteiger partial charge >= 0.3 is 0 Å². The molecule has 0 bridgehead atoms. The molecule has 0 amide bonds. The lowest BCUT2D eigenvalue weighted by Gasteiger charge is -2.06. The van der Waals surface area contributed by atoms with Gasteiger partial charge in [-0.15, -0.1) is 23.2 Å². The molecule has 1 nitrogen and oxygen atoms in total. The third-order valence-electron chi connectivity index (χ3n) is 1.70. The molecule has 0 spiro atoms. The van der Waals surface area contributed by atoms with Crippen molar-refractivity contribution in [2.45, 2.75) is 18.7 Å². The molecule has 0 radical (unpaired) electrons. The molecule has 1 aromatic carbocycles. The van der Waals surface area contributed by atoms with Gasteiger partial charge in [0.25, 0.3) is 0 Å². The van der Waals surface area contributed by atoms with Crippen LogP contribution in [-0.4, -0.2) is 5.11 Å². The van der Waals surface area contributed by atoms with E-state index in [1.807, 2.05) is 19.1 Å². The maximum Gasteiger partial charge on any atom is 0.124 e. The summed E-state index contributed by atoms with van der Waals surface area (Å²) in [5.41, 5.74) is 2.55. The van der Waals surface area contributed by atoms with Crippen molar-refractivity contribution in [3.63, 3.8) is 0 Å². The maximum atomic E-state index is 9.54. The molecule has 0 heterocycles. The molecular weight excluding hydrogens is 195 g/mol. The maximum absolute atomic E-state index is 9.54. The summed E-state index contributed by atoms with van der Waals surface area (Å²) in [6.45, 7) is 1.95. The number of hydrogen-bond acceptors (Lipinski definition) is 1. The van der Waals surface area contributed by atoms with Crippen LogP contribution >= 0.6 is 23.2 Å². The van der Waals surface area contributed by atoms with E-state index in [0.717, 1.165) is 16.7 Å². The minimum absolute atomic E-state index is 0.227. The predicted molar refractivity (Wildman–Crippen MR) is 52.0 cm³/mol. The van der Waals surface area contributed by atoms with E-state index in [9.17, 15) is 5.11 Å². The zero-order valence-electron chi connectivity index (χ0n) is 6.77. The van der Waals surface area contributed by atoms with Crippen LogP contribution in [0.4, 0.5) is 0 Å². The van der Waals surface area contributed by atoms with Crippen LogP contribution in [0.3, 0.4) is 0 Å². The molecule has 0 fully saturated rings. The van der Waals surface area contributed by atoms with Gasteiger partial charge < -0.3 is 5.11 Å². The molecule has 3 heteroatoms. The van der Waals surface area contributed by atoms with Crippen molar-refractivity contribution in [3.05, 3.63) is 28.8 Å². The molecule has 1 rings (SSSR count). The second-order valence-electron chi connectivity index (χ2n) is 2.70. The molecule has 1 aromatic rings. The van der Waals surface area contributed by atoms with E-state index >= 15 is 0 Å². The van der Waals surface area contributed by atoms with Gasteiger partial charge in [0.1, 0.15) is 5.75 Å². The third kappa shape index (κ3) is 1.85. The molecule has 1 N–H and O–H groups in total. The van der Waals surface area contributed by atoms with Crippen molar-refractivity contribution in [2.75, 3.05) is 0 Å². The Morgan fingerprint density at radius 3 is 1.92 bits per heavy atom. The van der Waals surface area contributed by atoms with Crippen molar-refractivity contribution in [1.29, 1.82) is 0 Å². The molecule has 12 heavy (non-hydrogen) atoms. The van der Waals surface area contributed by atoms with E-state index in [-0.39, 0.29) is 5.75 Å². The highest BCUT2D eigenvalue weighted by molar-refractivity contribution is 6.18. The monoisotopic (exact) mass is 204 g/mol. The van der Waals surface area contributed by atoms with E-state index < -0.39 is 0 Å². The number of aromatic hydroxyl groups is 1. The van der Waals surface area contributed by atoms with Crippen molar-refractivity contribution >= 4 is 23.2 Å². The lowest BCUT2D eigenvalue weighted by atomic mass is 10.1. The van der Waals surface area contributed by atoms with Gasteiger partial charge in [-0.05, 0) is 6.92 Å². The van der Waals surface area contributed by atoms with Crippen molar-refractivity contribution < 1.29 is 5.11 Å². The topological polar surface area (TPSA) is 20.2 Å². The molecule has 0 saturated carbocycles. The van der Waals surface area contributed by atoms with Gasteiger partial charge in [0, 0.05) is 11.1 Å². The van der Waals surface area contributed by atoms with Crippen LogP contribution in [0.5, 0.6) is 5.75 Å². The smallest absolute Gasteiger partial charge is 0.124 e. The van der Waals surface area contributed by atoms with Crippen molar-refractivity contribution in [3.8, 4) is 5.75 Å². The van der Waals surface area contributed by atoms with Crippen molar-refractivity contribution in [2.24, 2.45) is 0 Å². The Bertz CT molecular complexity index is 259. The van der Waals surface area contributed by atoms with Crippen LogP contribution in [0.15, 0.2) is 12.1 Å². The van der Waals surface area contributed by atoms with Gasteiger partial charge in [-0.3, -0.25) is 0 Å². The summed E-state index contributed by atoms with van der Waals surface area (Å²) in [4.78, 5) is 0. The summed E-state index contributed by atoms with van der Waals surface area (Å²) < 4.78 is 0. The predicted octanol–water partition coefficient (Wildman–Crippen LogP) is 3.18. The molecular formula is C9H10Cl2O. The van der Waals surface area contributed by atoms with E-state index in [1.165, 1.54) is 0 Å². The molecule has 0 saturated heterocycles. The number of phenolic OH excluding ortho intramolecular Hbond substituents is 1. The van der Waals surface area contributed by atoms with Crippen LogP contribution < -0.4 is 0 Å². The van der Waals surface area contributed by atoms with E-state index in [0.29, 0.717) is 11.8 Å². The third-order valence-corrected chi connectivity index (χ3v) is 2.28. The first-order chi connectivity index (χ1) is 5.69. The SMILES string of the molecule is Cc1cc(CCl)c(O)c(CCl)c1. The van der Waals surface area contributed by atoms with Gasteiger partial charge in [-0.25, -0.2) is 0 Å². The van der Waals surface area contributed by atoms with E-state index in [4.69, 9.17) is 23.2 Å². The van der Waals surface area contributed by atoms with Crippen LogP contribution in [-0.2, 0) is 11.8 Å². The minimum Gasteiger partial charge on any atom is -0.507 e. The van der Waals surface area contributed by atoms with E-state index in [2.05, 4.69) is 0 Å². The second-order valence-corrected chi connectivity index (χ2v) is 3.23. The summed E-state index contributed by atoms with van der Waals surface area (Å²) in [6.07, 6.45) is 0. The molecule has 0 aliphatic heterocycles. The molecule has 0 aliphatic carbocycles. The van der Waals surface area contributed by atoms with Crippen LogP contribution in [0.25, 0.3) is 0 Å². The summed E-state index contributed by atoms with van der Waals surface area (Å²) >= 11 is 11.3. The number of rotatable bonds is 2. The fourth-order valence-electron chi connectivity index (χ4n) is 1.14.